The van der Waals surface area contributed by atoms with E-state index in [0.717, 1.165) is 12.3 Å². The van der Waals surface area contributed by atoms with E-state index in [4.69, 9.17) is 17.3 Å². The smallest absolute Gasteiger partial charge is 0.0646 e. The van der Waals surface area contributed by atoms with Crippen molar-refractivity contribution in [1.29, 1.82) is 0 Å². The maximum Gasteiger partial charge on any atom is 0.0646 e. The summed E-state index contributed by atoms with van der Waals surface area (Å²) in [6.45, 7) is 1.06. The molecule has 0 aliphatic carbocycles. The van der Waals surface area contributed by atoms with Gasteiger partial charge in [-0.15, -0.1) is 11.8 Å². The van der Waals surface area contributed by atoms with Gasteiger partial charge >= 0.3 is 0 Å². The Balaban J connectivity index is 2.47. The van der Waals surface area contributed by atoms with Crippen LogP contribution in [0.2, 0.25) is 5.02 Å². The molecular formula is C10H15ClN2S. The summed E-state index contributed by atoms with van der Waals surface area (Å²) >= 11 is 7.70. The fourth-order valence-corrected chi connectivity index (χ4v) is 2.25. The van der Waals surface area contributed by atoms with Gasteiger partial charge in [-0.25, -0.2) is 0 Å². The first-order valence-corrected chi connectivity index (χ1v) is 5.78. The van der Waals surface area contributed by atoms with Gasteiger partial charge in [-0.3, -0.25) is 0 Å². The van der Waals surface area contributed by atoms with Crippen molar-refractivity contribution in [1.82, 2.24) is 4.90 Å². The molecule has 0 saturated carbocycles. The highest BCUT2D eigenvalue weighted by atomic mass is 35.5. The minimum absolute atomic E-state index is 0.639. The van der Waals surface area contributed by atoms with Gasteiger partial charge in [0.05, 0.1) is 10.7 Å². The molecule has 2 nitrogen and oxygen atoms in total. The van der Waals surface area contributed by atoms with E-state index in [1.807, 2.05) is 18.2 Å². The monoisotopic (exact) mass is 230 g/mol. The minimum atomic E-state index is 0.639. The molecule has 0 fully saturated rings. The van der Waals surface area contributed by atoms with Crippen molar-refractivity contribution < 1.29 is 0 Å². The third-order valence-electron chi connectivity index (χ3n) is 1.78. The molecule has 0 heterocycles. The van der Waals surface area contributed by atoms with Gasteiger partial charge in [0.25, 0.3) is 0 Å². The van der Waals surface area contributed by atoms with Crippen LogP contribution in [0, 0.1) is 0 Å². The average molecular weight is 231 g/mol. The second kappa shape index (κ2) is 5.49. The maximum absolute atomic E-state index is 5.91. The van der Waals surface area contributed by atoms with Crippen molar-refractivity contribution in [2.75, 3.05) is 32.1 Å². The van der Waals surface area contributed by atoms with Crippen LogP contribution in [-0.2, 0) is 0 Å². The number of nitrogens with two attached hydrogens (primary N) is 1. The molecule has 0 atom stereocenters. The van der Waals surface area contributed by atoms with Crippen LogP contribution < -0.4 is 5.73 Å². The highest BCUT2D eigenvalue weighted by Gasteiger charge is 1.99. The largest absolute Gasteiger partial charge is 0.398 e. The van der Waals surface area contributed by atoms with Crippen LogP contribution in [0.1, 0.15) is 0 Å². The van der Waals surface area contributed by atoms with Gasteiger partial charge in [-0.05, 0) is 32.3 Å². The van der Waals surface area contributed by atoms with E-state index in [0.29, 0.717) is 10.7 Å². The predicted octanol–water partition coefficient (Wildman–Crippen LogP) is 2.58. The molecule has 1 aromatic rings. The van der Waals surface area contributed by atoms with Crippen LogP contribution in [0.4, 0.5) is 5.69 Å². The number of rotatable bonds is 4. The molecule has 0 unspecified atom stereocenters. The Bertz CT molecular complexity index is 302. The lowest BCUT2D eigenvalue weighted by atomic mass is 10.3. The molecule has 78 valence electrons. The summed E-state index contributed by atoms with van der Waals surface area (Å²) in [7, 11) is 4.13. The minimum Gasteiger partial charge on any atom is -0.398 e. The van der Waals surface area contributed by atoms with E-state index in [1.165, 1.54) is 4.90 Å². The SMILES string of the molecule is CN(C)CCSc1ccc(N)c(Cl)c1. The number of hydrogen-bond donors (Lipinski definition) is 1. The Morgan fingerprint density at radius 3 is 2.71 bits per heavy atom. The number of nitrogen functional groups attached to an aromatic ring is 1. The summed E-state index contributed by atoms with van der Waals surface area (Å²) in [5.41, 5.74) is 6.26. The lowest BCUT2D eigenvalue weighted by Crippen LogP contribution is -2.14. The second-order valence-electron chi connectivity index (χ2n) is 3.34. The summed E-state index contributed by atoms with van der Waals surface area (Å²) in [5, 5.41) is 0.639. The van der Waals surface area contributed by atoms with Crippen molar-refractivity contribution in [2.24, 2.45) is 0 Å². The maximum atomic E-state index is 5.91. The zero-order chi connectivity index (χ0) is 10.6. The lowest BCUT2D eigenvalue weighted by molar-refractivity contribution is 0.437. The molecule has 0 radical (unpaired) electrons. The van der Waals surface area contributed by atoms with Crippen LogP contribution in [0.5, 0.6) is 0 Å². The second-order valence-corrected chi connectivity index (χ2v) is 4.91. The Labute approximate surface area is 94.4 Å². The van der Waals surface area contributed by atoms with Crippen molar-refractivity contribution >= 4 is 29.1 Å². The van der Waals surface area contributed by atoms with Gasteiger partial charge in [-0.1, -0.05) is 11.6 Å². The number of thioether (sulfide) groups is 1. The first-order chi connectivity index (χ1) is 6.59. The van der Waals surface area contributed by atoms with E-state index < -0.39 is 0 Å². The molecule has 1 aromatic carbocycles. The molecule has 0 aliphatic heterocycles. The Morgan fingerprint density at radius 1 is 1.43 bits per heavy atom. The molecule has 14 heavy (non-hydrogen) atoms. The van der Waals surface area contributed by atoms with E-state index in [9.17, 15) is 0 Å². The summed E-state index contributed by atoms with van der Waals surface area (Å²) in [6.07, 6.45) is 0. The van der Waals surface area contributed by atoms with Crippen LogP contribution in [0.3, 0.4) is 0 Å². The van der Waals surface area contributed by atoms with E-state index in [1.54, 1.807) is 11.8 Å². The number of anilines is 1. The number of hydrogen-bond acceptors (Lipinski definition) is 3. The number of nitrogens with zero attached hydrogens (tertiary/aromatic N) is 1. The zero-order valence-corrected chi connectivity index (χ0v) is 10.0. The van der Waals surface area contributed by atoms with Crippen molar-refractivity contribution in [3.63, 3.8) is 0 Å². The van der Waals surface area contributed by atoms with E-state index in [-0.39, 0.29) is 0 Å². The Kier molecular flexibility index (Phi) is 4.58. The molecule has 2 N–H and O–H groups in total. The van der Waals surface area contributed by atoms with Crippen molar-refractivity contribution in [2.45, 2.75) is 4.90 Å². The molecular weight excluding hydrogens is 216 g/mol. The van der Waals surface area contributed by atoms with Crippen LogP contribution in [0.15, 0.2) is 23.1 Å². The molecule has 0 spiro atoms. The highest BCUT2D eigenvalue weighted by Crippen LogP contribution is 2.26. The first-order valence-electron chi connectivity index (χ1n) is 4.42. The molecule has 0 aliphatic rings. The third kappa shape index (κ3) is 3.78. The van der Waals surface area contributed by atoms with Gasteiger partial charge in [0.15, 0.2) is 0 Å². The third-order valence-corrected chi connectivity index (χ3v) is 3.08. The summed E-state index contributed by atoms with van der Waals surface area (Å²) in [4.78, 5) is 3.33. The van der Waals surface area contributed by atoms with Crippen LogP contribution in [-0.4, -0.2) is 31.3 Å². The molecule has 0 aromatic heterocycles. The highest BCUT2D eigenvalue weighted by molar-refractivity contribution is 7.99. The van der Waals surface area contributed by atoms with E-state index >= 15 is 0 Å². The molecule has 0 saturated heterocycles. The van der Waals surface area contributed by atoms with Crippen LogP contribution in [0.25, 0.3) is 0 Å². The van der Waals surface area contributed by atoms with Gasteiger partial charge in [-0.2, -0.15) is 0 Å². The fourth-order valence-electron chi connectivity index (χ4n) is 0.944. The summed E-state index contributed by atoms with van der Waals surface area (Å²) < 4.78 is 0. The molecule has 0 bridgehead atoms. The standard InChI is InChI=1S/C10H15ClN2S/c1-13(2)5-6-14-8-3-4-10(12)9(11)7-8/h3-4,7H,5-6,12H2,1-2H3. The molecule has 1 rings (SSSR count). The summed E-state index contributed by atoms with van der Waals surface area (Å²) in [5.74, 6) is 1.06. The first kappa shape index (κ1) is 11.7. The van der Waals surface area contributed by atoms with Crippen LogP contribution >= 0.6 is 23.4 Å². The molecule has 4 heteroatoms. The van der Waals surface area contributed by atoms with Gasteiger partial charge in [0, 0.05) is 17.2 Å². The fraction of sp³-hybridized carbons (Fsp3) is 0.400. The topological polar surface area (TPSA) is 29.3 Å². The van der Waals surface area contributed by atoms with Crippen molar-refractivity contribution in [3.8, 4) is 0 Å². The predicted molar refractivity (Wildman–Crippen MR) is 65.1 cm³/mol. The molecule has 0 amide bonds. The quantitative estimate of drug-likeness (QED) is 0.637. The lowest BCUT2D eigenvalue weighted by Gasteiger charge is -2.09. The average Bonchev–Trinajstić information content (AvgIpc) is 2.10. The normalized spacial score (nSPS) is 10.9. The van der Waals surface area contributed by atoms with Gasteiger partial charge < -0.3 is 10.6 Å². The van der Waals surface area contributed by atoms with Crippen molar-refractivity contribution in [3.05, 3.63) is 23.2 Å². The zero-order valence-electron chi connectivity index (χ0n) is 8.46. The van der Waals surface area contributed by atoms with Gasteiger partial charge in [0.1, 0.15) is 0 Å². The van der Waals surface area contributed by atoms with Gasteiger partial charge in [0.2, 0.25) is 0 Å². The van der Waals surface area contributed by atoms with E-state index in [2.05, 4.69) is 19.0 Å². The number of halogens is 1. The number of benzene rings is 1. The Morgan fingerprint density at radius 2 is 2.14 bits per heavy atom. The summed E-state index contributed by atoms with van der Waals surface area (Å²) in [6, 6.07) is 5.76. The Hall–Kier alpha value is -0.380.